The van der Waals surface area contributed by atoms with Crippen molar-refractivity contribution in [3.05, 3.63) is 24.3 Å². The molecule has 0 aliphatic carbocycles. The van der Waals surface area contributed by atoms with Gasteiger partial charge in [0, 0.05) is 4.90 Å². The van der Waals surface area contributed by atoms with Gasteiger partial charge in [-0.2, -0.15) is 5.26 Å². The Morgan fingerprint density at radius 1 is 1.42 bits per heavy atom. The number of benzene rings is 1. The summed E-state index contributed by atoms with van der Waals surface area (Å²) >= 11 is 1.78. The lowest BCUT2D eigenvalue weighted by molar-refractivity contribution is 0.400. The molecule has 0 aliphatic heterocycles. The molecule has 0 heterocycles. The molecule has 3 nitrogen and oxygen atoms in total. The highest BCUT2D eigenvalue weighted by molar-refractivity contribution is 7.99. The predicted molar refractivity (Wildman–Crippen MR) is 80.6 cm³/mol. The summed E-state index contributed by atoms with van der Waals surface area (Å²) in [6, 6.07) is 10.4. The maximum atomic E-state index is 9.24. The van der Waals surface area contributed by atoms with Crippen molar-refractivity contribution in [2.75, 3.05) is 19.9 Å². The molecule has 1 aromatic carbocycles. The molecule has 0 saturated carbocycles. The van der Waals surface area contributed by atoms with E-state index in [1.54, 1.807) is 18.9 Å². The highest BCUT2D eigenvalue weighted by Crippen LogP contribution is 2.30. The van der Waals surface area contributed by atoms with Crippen molar-refractivity contribution in [2.45, 2.75) is 36.6 Å². The molecule has 19 heavy (non-hydrogen) atoms. The Balaban J connectivity index is 2.45. The molecular weight excluding hydrogens is 256 g/mol. The molecule has 0 fully saturated rings. The van der Waals surface area contributed by atoms with Gasteiger partial charge in [0.15, 0.2) is 0 Å². The number of nitrogens with one attached hydrogen (secondary N) is 1. The third-order valence-electron chi connectivity index (χ3n) is 3.37. The quantitative estimate of drug-likeness (QED) is 0.584. The number of nitrogens with zero attached hydrogens (tertiary/aromatic N) is 1. The van der Waals surface area contributed by atoms with E-state index in [0.717, 1.165) is 35.7 Å². The normalized spacial score (nSPS) is 13.6. The van der Waals surface area contributed by atoms with E-state index in [2.05, 4.69) is 17.5 Å². The van der Waals surface area contributed by atoms with Crippen LogP contribution in [0.15, 0.2) is 29.2 Å². The predicted octanol–water partition coefficient (Wildman–Crippen LogP) is 3.46. The molecule has 4 heteroatoms. The van der Waals surface area contributed by atoms with Gasteiger partial charge in [0.2, 0.25) is 0 Å². The highest BCUT2D eigenvalue weighted by atomic mass is 32.2. The molecule has 1 aromatic rings. The minimum absolute atomic E-state index is 0.374. The van der Waals surface area contributed by atoms with Crippen molar-refractivity contribution < 1.29 is 4.74 Å². The second-order valence-corrected chi connectivity index (χ2v) is 5.54. The Morgan fingerprint density at radius 2 is 2.16 bits per heavy atom. The first kappa shape index (κ1) is 15.9. The molecule has 104 valence electrons. The zero-order valence-electron chi connectivity index (χ0n) is 11.9. The Labute approximate surface area is 120 Å². The largest absolute Gasteiger partial charge is 0.496 e. The van der Waals surface area contributed by atoms with E-state index in [9.17, 15) is 5.26 Å². The summed E-state index contributed by atoms with van der Waals surface area (Å²) in [5, 5.41) is 12.4. The summed E-state index contributed by atoms with van der Waals surface area (Å²) in [4.78, 5) is 1.16. The van der Waals surface area contributed by atoms with Crippen LogP contribution in [0.2, 0.25) is 0 Å². The molecule has 1 N–H and O–H groups in total. The maximum Gasteiger partial charge on any atom is 0.132 e. The van der Waals surface area contributed by atoms with E-state index in [1.165, 1.54) is 0 Å². The van der Waals surface area contributed by atoms with E-state index in [0.29, 0.717) is 0 Å². The number of rotatable bonds is 8. The number of thioether (sulfide) groups is 1. The molecule has 0 aliphatic rings. The smallest absolute Gasteiger partial charge is 0.132 e. The fourth-order valence-corrected chi connectivity index (χ4v) is 2.94. The Hall–Kier alpha value is -1.18. The standard InChI is InChI=1S/C15H22N2OS/c1-4-15(12-16,17-2)10-7-11-19-14-9-6-5-8-13(14)18-3/h5-6,8-9,17H,4,7,10-11H2,1-3H3. The maximum absolute atomic E-state index is 9.24. The van der Waals surface area contributed by atoms with Crippen LogP contribution in [0, 0.1) is 11.3 Å². The van der Waals surface area contributed by atoms with Crippen LogP contribution in [0.5, 0.6) is 5.75 Å². The molecule has 0 spiro atoms. The first-order chi connectivity index (χ1) is 9.21. The van der Waals surface area contributed by atoms with Crippen molar-refractivity contribution in [1.29, 1.82) is 5.26 Å². The molecule has 0 bridgehead atoms. The summed E-state index contributed by atoms with van der Waals surface area (Å²) in [5.41, 5.74) is -0.374. The topological polar surface area (TPSA) is 45.0 Å². The Morgan fingerprint density at radius 3 is 2.74 bits per heavy atom. The molecule has 0 saturated heterocycles. The van der Waals surface area contributed by atoms with Crippen molar-refractivity contribution in [3.8, 4) is 11.8 Å². The molecular formula is C15H22N2OS. The summed E-state index contributed by atoms with van der Waals surface area (Å²) in [5.74, 6) is 1.91. The first-order valence-corrected chi connectivity index (χ1v) is 7.56. The number of para-hydroxylation sites is 1. The van der Waals surface area contributed by atoms with Gasteiger partial charge in [-0.1, -0.05) is 19.1 Å². The summed E-state index contributed by atoms with van der Waals surface area (Å²) in [7, 11) is 3.55. The van der Waals surface area contributed by atoms with Gasteiger partial charge < -0.3 is 10.1 Å². The number of ether oxygens (including phenoxy) is 1. The van der Waals surface area contributed by atoms with E-state index in [4.69, 9.17) is 4.74 Å². The van der Waals surface area contributed by atoms with Gasteiger partial charge in [0.25, 0.3) is 0 Å². The Bertz CT molecular complexity index is 424. The second-order valence-electron chi connectivity index (χ2n) is 4.40. The van der Waals surface area contributed by atoms with Crippen LogP contribution < -0.4 is 10.1 Å². The zero-order valence-corrected chi connectivity index (χ0v) is 12.7. The molecule has 0 aromatic heterocycles. The van der Waals surface area contributed by atoms with Crippen LogP contribution in [0.25, 0.3) is 0 Å². The van der Waals surface area contributed by atoms with E-state index >= 15 is 0 Å². The summed E-state index contributed by atoms with van der Waals surface area (Å²) in [6.45, 7) is 2.05. The fraction of sp³-hybridized carbons (Fsp3) is 0.533. The van der Waals surface area contributed by atoms with Crippen LogP contribution in [0.1, 0.15) is 26.2 Å². The van der Waals surface area contributed by atoms with Gasteiger partial charge in [-0.15, -0.1) is 11.8 Å². The zero-order chi connectivity index (χ0) is 14.1. The first-order valence-electron chi connectivity index (χ1n) is 6.57. The molecule has 1 rings (SSSR count). The van der Waals surface area contributed by atoms with Gasteiger partial charge in [-0.25, -0.2) is 0 Å². The lowest BCUT2D eigenvalue weighted by Gasteiger charge is -2.24. The van der Waals surface area contributed by atoms with Gasteiger partial charge in [-0.3, -0.25) is 0 Å². The van der Waals surface area contributed by atoms with Crippen molar-refractivity contribution >= 4 is 11.8 Å². The third kappa shape index (κ3) is 4.45. The SMILES string of the molecule is CCC(C#N)(CCCSc1ccccc1OC)NC. The van der Waals surface area contributed by atoms with E-state index in [1.807, 2.05) is 32.2 Å². The Kier molecular flexibility index (Phi) is 6.75. The molecule has 1 atom stereocenters. The van der Waals surface area contributed by atoms with Gasteiger partial charge >= 0.3 is 0 Å². The van der Waals surface area contributed by atoms with Crippen LogP contribution >= 0.6 is 11.8 Å². The number of nitriles is 1. The van der Waals surface area contributed by atoms with Crippen molar-refractivity contribution in [1.82, 2.24) is 5.32 Å². The van der Waals surface area contributed by atoms with E-state index in [-0.39, 0.29) is 5.54 Å². The average molecular weight is 278 g/mol. The number of methoxy groups -OCH3 is 1. The van der Waals surface area contributed by atoms with Crippen LogP contribution in [-0.4, -0.2) is 25.4 Å². The minimum atomic E-state index is -0.374. The molecule has 1 unspecified atom stereocenters. The number of hydrogen-bond donors (Lipinski definition) is 1. The van der Waals surface area contributed by atoms with Crippen LogP contribution in [-0.2, 0) is 0 Å². The van der Waals surface area contributed by atoms with Crippen molar-refractivity contribution in [3.63, 3.8) is 0 Å². The van der Waals surface area contributed by atoms with Gasteiger partial charge in [-0.05, 0) is 44.2 Å². The van der Waals surface area contributed by atoms with Crippen LogP contribution in [0.4, 0.5) is 0 Å². The monoisotopic (exact) mass is 278 g/mol. The molecule has 0 amide bonds. The fourth-order valence-electron chi connectivity index (χ4n) is 1.96. The highest BCUT2D eigenvalue weighted by Gasteiger charge is 2.24. The van der Waals surface area contributed by atoms with Gasteiger partial charge in [0.1, 0.15) is 11.3 Å². The minimum Gasteiger partial charge on any atom is -0.496 e. The second kappa shape index (κ2) is 8.08. The average Bonchev–Trinajstić information content (AvgIpc) is 2.48. The van der Waals surface area contributed by atoms with Gasteiger partial charge in [0.05, 0.1) is 13.2 Å². The van der Waals surface area contributed by atoms with E-state index < -0.39 is 0 Å². The summed E-state index contributed by atoms with van der Waals surface area (Å²) < 4.78 is 5.32. The van der Waals surface area contributed by atoms with Crippen LogP contribution in [0.3, 0.4) is 0 Å². The van der Waals surface area contributed by atoms with Crippen molar-refractivity contribution in [2.24, 2.45) is 0 Å². The molecule has 0 radical (unpaired) electrons. The summed E-state index contributed by atoms with van der Waals surface area (Å²) in [6.07, 6.45) is 2.71. The third-order valence-corrected chi connectivity index (χ3v) is 4.51. The number of hydrogen-bond acceptors (Lipinski definition) is 4. The lowest BCUT2D eigenvalue weighted by atomic mass is 9.93. The lowest BCUT2D eigenvalue weighted by Crippen LogP contribution is -2.40.